The van der Waals surface area contributed by atoms with Gasteiger partial charge in [0.2, 0.25) is 0 Å². The molecule has 0 N–H and O–H groups in total. The molecule has 0 atom stereocenters. The zero-order valence-electron chi connectivity index (χ0n) is 8.36. The van der Waals surface area contributed by atoms with E-state index in [0.29, 0.717) is 5.69 Å². The highest BCUT2D eigenvalue weighted by Gasteiger charge is 2.27. The van der Waals surface area contributed by atoms with E-state index in [1.807, 2.05) is 0 Å². The van der Waals surface area contributed by atoms with Crippen molar-refractivity contribution in [3.63, 3.8) is 0 Å². The Morgan fingerprint density at radius 2 is 2.27 bits per heavy atom. The highest BCUT2D eigenvalue weighted by atomic mass is 19.1. The van der Waals surface area contributed by atoms with E-state index >= 15 is 0 Å². The van der Waals surface area contributed by atoms with Gasteiger partial charge in [-0.1, -0.05) is 6.42 Å². The topological polar surface area (TPSA) is 52.1 Å². The Labute approximate surface area is 86.5 Å². The third-order valence-electron chi connectivity index (χ3n) is 2.69. The fraction of sp³-hybridized carbons (Fsp3) is 0.500. The van der Waals surface area contributed by atoms with Crippen molar-refractivity contribution in [2.75, 3.05) is 7.11 Å². The molecule has 0 aliphatic heterocycles. The molecule has 5 heteroatoms. The van der Waals surface area contributed by atoms with Crippen molar-refractivity contribution >= 4 is 5.97 Å². The molecule has 0 radical (unpaired) electrons. The fourth-order valence-electron chi connectivity index (χ4n) is 1.59. The van der Waals surface area contributed by atoms with E-state index < -0.39 is 11.8 Å². The molecule has 1 fully saturated rings. The van der Waals surface area contributed by atoms with Crippen molar-refractivity contribution in [3.05, 3.63) is 23.5 Å². The summed E-state index contributed by atoms with van der Waals surface area (Å²) < 4.78 is 18.2. The average Bonchev–Trinajstić information content (AvgIpc) is 2.17. The lowest BCUT2D eigenvalue weighted by molar-refractivity contribution is 0.0587. The summed E-state index contributed by atoms with van der Waals surface area (Å²) in [5, 5.41) is 0. The van der Waals surface area contributed by atoms with Crippen molar-refractivity contribution in [3.8, 4) is 0 Å². The molecule has 1 aromatic heterocycles. The van der Waals surface area contributed by atoms with E-state index in [4.69, 9.17) is 0 Å². The van der Waals surface area contributed by atoms with E-state index in [1.165, 1.54) is 13.4 Å². The second-order valence-electron chi connectivity index (χ2n) is 3.54. The zero-order chi connectivity index (χ0) is 10.8. The first kappa shape index (κ1) is 10.0. The van der Waals surface area contributed by atoms with Gasteiger partial charge in [0.15, 0.2) is 11.5 Å². The highest BCUT2D eigenvalue weighted by molar-refractivity contribution is 5.87. The van der Waals surface area contributed by atoms with Crippen molar-refractivity contribution in [2.24, 2.45) is 0 Å². The number of ether oxygens (including phenoxy) is 1. The minimum atomic E-state index is -0.754. The Balaban J connectivity index is 2.36. The molecule has 1 heterocycles. The van der Waals surface area contributed by atoms with Gasteiger partial charge in [0.05, 0.1) is 12.8 Å². The molecule has 0 unspecified atom stereocenters. The summed E-state index contributed by atoms with van der Waals surface area (Å²) in [7, 11) is 1.20. The molecule has 1 saturated carbocycles. The Morgan fingerprint density at radius 1 is 1.53 bits per heavy atom. The van der Waals surface area contributed by atoms with Crippen LogP contribution in [0.5, 0.6) is 0 Å². The second kappa shape index (κ2) is 3.92. The molecule has 1 aliphatic carbocycles. The van der Waals surface area contributed by atoms with Crippen molar-refractivity contribution in [1.29, 1.82) is 0 Å². The maximum absolute atomic E-state index is 13.8. The number of hydrogen-bond acceptors (Lipinski definition) is 4. The first-order valence-electron chi connectivity index (χ1n) is 4.82. The lowest BCUT2D eigenvalue weighted by atomic mass is 9.82. The van der Waals surface area contributed by atoms with Gasteiger partial charge in [-0.05, 0) is 12.8 Å². The van der Waals surface area contributed by atoms with E-state index in [1.54, 1.807) is 0 Å². The maximum atomic E-state index is 13.8. The largest absolute Gasteiger partial charge is 0.464 e. The smallest absolute Gasteiger partial charge is 0.359 e. The van der Waals surface area contributed by atoms with Crippen molar-refractivity contribution < 1.29 is 13.9 Å². The SMILES string of the molecule is COC(=O)c1ncnc(C2CCC2)c1F. The van der Waals surface area contributed by atoms with Gasteiger partial charge in [0.25, 0.3) is 0 Å². The second-order valence-corrected chi connectivity index (χ2v) is 3.54. The predicted molar refractivity (Wildman–Crippen MR) is 49.9 cm³/mol. The Kier molecular flexibility index (Phi) is 2.62. The normalized spacial score (nSPS) is 15.9. The standard InChI is InChI=1S/C10H11FN2O2/c1-15-10(14)9-7(11)8(12-5-13-9)6-3-2-4-6/h5-6H,2-4H2,1H3. The van der Waals surface area contributed by atoms with Crippen LogP contribution in [0.3, 0.4) is 0 Å². The molecule has 0 amide bonds. The Bertz CT molecular complexity index is 391. The first-order chi connectivity index (χ1) is 7.24. The molecule has 80 valence electrons. The van der Waals surface area contributed by atoms with E-state index in [2.05, 4.69) is 14.7 Å². The molecule has 4 nitrogen and oxygen atoms in total. The molecule has 2 rings (SSSR count). The van der Waals surface area contributed by atoms with E-state index in [0.717, 1.165) is 19.3 Å². The molecule has 0 bridgehead atoms. The summed E-state index contributed by atoms with van der Waals surface area (Å²) in [5.41, 5.74) is 0.0750. The number of halogens is 1. The molecular formula is C10H11FN2O2. The number of nitrogens with zero attached hydrogens (tertiary/aromatic N) is 2. The van der Waals surface area contributed by atoms with Gasteiger partial charge in [-0.3, -0.25) is 0 Å². The summed E-state index contributed by atoms with van der Waals surface area (Å²) in [6.45, 7) is 0. The van der Waals surface area contributed by atoms with Gasteiger partial charge in [0, 0.05) is 5.92 Å². The van der Waals surface area contributed by atoms with E-state index in [-0.39, 0.29) is 11.6 Å². The summed E-state index contributed by atoms with van der Waals surface area (Å²) >= 11 is 0. The van der Waals surface area contributed by atoms with Crippen LogP contribution < -0.4 is 0 Å². The minimum absolute atomic E-state index is 0.136. The van der Waals surface area contributed by atoms with Crippen molar-refractivity contribution in [2.45, 2.75) is 25.2 Å². The minimum Gasteiger partial charge on any atom is -0.464 e. The number of aromatic nitrogens is 2. The van der Waals surface area contributed by atoms with Crippen LogP contribution in [-0.2, 0) is 4.74 Å². The highest BCUT2D eigenvalue weighted by Crippen LogP contribution is 2.36. The summed E-state index contributed by atoms with van der Waals surface area (Å²) in [6.07, 6.45) is 4.15. The quantitative estimate of drug-likeness (QED) is 0.697. The Morgan fingerprint density at radius 3 is 2.80 bits per heavy atom. The molecule has 0 spiro atoms. The van der Waals surface area contributed by atoms with Gasteiger partial charge in [-0.2, -0.15) is 0 Å². The summed E-state index contributed by atoms with van der Waals surface area (Å²) in [4.78, 5) is 18.6. The number of carbonyl (C=O) groups is 1. The van der Waals surface area contributed by atoms with Gasteiger partial charge >= 0.3 is 5.97 Å². The van der Waals surface area contributed by atoms with Gasteiger partial charge < -0.3 is 4.74 Å². The monoisotopic (exact) mass is 210 g/mol. The number of hydrogen-bond donors (Lipinski definition) is 0. The van der Waals surface area contributed by atoms with Gasteiger partial charge in [-0.25, -0.2) is 19.2 Å². The predicted octanol–water partition coefficient (Wildman–Crippen LogP) is 1.67. The maximum Gasteiger partial charge on any atom is 0.359 e. The molecule has 0 saturated heterocycles. The molecule has 15 heavy (non-hydrogen) atoms. The number of methoxy groups -OCH3 is 1. The summed E-state index contributed by atoms with van der Waals surface area (Å²) in [6, 6.07) is 0. The lowest BCUT2D eigenvalue weighted by Crippen LogP contribution is -2.17. The van der Waals surface area contributed by atoms with Gasteiger partial charge in [-0.15, -0.1) is 0 Å². The van der Waals surface area contributed by atoms with Gasteiger partial charge in [0.1, 0.15) is 6.33 Å². The number of rotatable bonds is 2. The molecule has 1 aliphatic rings. The van der Waals surface area contributed by atoms with Crippen LogP contribution in [-0.4, -0.2) is 23.0 Å². The summed E-state index contributed by atoms with van der Waals surface area (Å²) in [5.74, 6) is -1.25. The number of esters is 1. The van der Waals surface area contributed by atoms with Crippen LogP contribution >= 0.6 is 0 Å². The van der Waals surface area contributed by atoms with Crippen LogP contribution in [0.1, 0.15) is 41.4 Å². The van der Waals surface area contributed by atoms with Crippen LogP contribution in [0.2, 0.25) is 0 Å². The first-order valence-corrected chi connectivity index (χ1v) is 4.82. The van der Waals surface area contributed by atoms with Crippen molar-refractivity contribution in [1.82, 2.24) is 9.97 Å². The van der Waals surface area contributed by atoms with E-state index in [9.17, 15) is 9.18 Å². The van der Waals surface area contributed by atoms with Crippen LogP contribution in [0.25, 0.3) is 0 Å². The Hall–Kier alpha value is -1.52. The average molecular weight is 210 g/mol. The van der Waals surface area contributed by atoms with Crippen LogP contribution in [0.4, 0.5) is 4.39 Å². The lowest BCUT2D eigenvalue weighted by Gasteiger charge is -2.24. The van der Waals surface area contributed by atoms with Crippen LogP contribution in [0.15, 0.2) is 6.33 Å². The number of carbonyl (C=O) groups excluding carboxylic acids is 1. The molecule has 0 aromatic carbocycles. The third-order valence-corrected chi connectivity index (χ3v) is 2.69. The molecule has 1 aromatic rings. The third kappa shape index (κ3) is 1.69. The van der Waals surface area contributed by atoms with Crippen LogP contribution in [0, 0.1) is 5.82 Å². The zero-order valence-corrected chi connectivity index (χ0v) is 8.36. The fourth-order valence-corrected chi connectivity index (χ4v) is 1.59. The molecular weight excluding hydrogens is 199 g/mol.